The molecule has 0 saturated heterocycles. The second-order valence-corrected chi connectivity index (χ2v) is 4.03. The van der Waals surface area contributed by atoms with Gasteiger partial charge >= 0.3 is 110 Å². The third kappa shape index (κ3) is 4290. The van der Waals surface area contributed by atoms with Gasteiger partial charge in [0.2, 0.25) is 0 Å². The first kappa shape index (κ1) is 104. The van der Waals surface area contributed by atoms with Crippen LogP contribution < -0.4 is 0 Å². The fourth-order valence-corrected chi connectivity index (χ4v) is 0. The molecule has 160 valence electrons. The summed E-state index contributed by atoms with van der Waals surface area (Å²) < 4.78 is 94.8. The van der Waals surface area contributed by atoms with Crippen LogP contribution in [0.25, 0.3) is 0 Å². The summed E-state index contributed by atoms with van der Waals surface area (Å²) in [6, 6.07) is 0. The topological polar surface area (TPSA) is 458 Å². The van der Waals surface area contributed by atoms with E-state index >= 15 is 0 Å². The molecule has 0 rings (SSSR count). The molecule has 0 saturated carbocycles. The van der Waals surface area contributed by atoms with E-state index in [1.54, 1.807) is 0 Å². The molecule has 26 heavy (non-hydrogen) atoms. The van der Waals surface area contributed by atoms with Gasteiger partial charge in [-0.05, 0) is 0 Å². The van der Waals surface area contributed by atoms with Crippen LogP contribution in [-0.2, 0) is 132 Å². The quantitative estimate of drug-likeness (QED) is 0.136. The van der Waals surface area contributed by atoms with Gasteiger partial charge in [-0.25, -0.2) is 0 Å². The largest absolute Gasteiger partial charge is 4.00 e. The van der Waals surface area contributed by atoms with E-state index in [0.717, 1.165) is 0 Å². The van der Waals surface area contributed by atoms with Crippen LogP contribution in [0.15, 0.2) is 0 Å². The maximum atomic E-state index is 8.74. The SMILES string of the molecule is O=S(=O)(O)O.O=S(=O)(O)O.O=S(=O)(O)O.[O-2].[O-2].[O-2].[O-2].[OH-].[OH-].[OH-].[OH-].[Zr+4].[Zr+4].[Zr+4]. The van der Waals surface area contributed by atoms with E-state index in [9.17, 15) is 0 Å². The van der Waals surface area contributed by atoms with Crippen molar-refractivity contribution >= 4 is 31.2 Å². The van der Waals surface area contributed by atoms with Gasteiger partial charge in [0.1, 0.15) is 0 Å². The van der Waals surface area contributed by atoms with Crippen LogP contribution in [0, 0.1) is 0 Å². The molecule has 0 amide bonds. The van der Waals surface area contributed by atoms with Gasteiger partial charge in [0.05, 0.1) is 0 Å². The molecule has 0 atom stereocenters. The summed E-state index contributed by atoms with van der Waals surface area (Å²) in [5, 5.41) is 0. The summed E-state index contributed by atoms with van der Waals surface area (Å²) in [4.78, 5) is 0. The van der Waals surface area contributed by atoms with E-state index in [1.165, 1.54) is 0 Å². The summed E-state index contributed by atoms with van der Waals surface area (Å²) in [7, 11) is -14.0. The zero-order valence-corrected chi connectivity index (χ0v) is 21.1. The number of hydrogen-bond acceptors (Lipinski definition) is 10. The van der Waals surface area contributed by atoms with Crippen LogP contribution in [0.3, 0.4) is 0 Å². The fourth-order valence-electron chi connectivity index (χ4n) is 0. The normalized spacial score (nSPS) is 6.69. The average molecular weight is 700 g/mol. The summed E-state index contributed by atoms with van der Waals surface area (Å²) in [6.07, 6.45) is 0. The zero-order chi connectivity index (χ0) is 13.5. The predicted molar refractivity (Wildman–Crippen MR) is 53.0 cm³/mol. The van der Waals surface area contributed by atoms with Gasteiger partial charge in [0.15, 0.2) is 0 Å². The smallest absolute Gasteiger partial charge is 2.00 e. The van der Waals surface area contributed by atoms with E-state index in [2.05, 4.69) is 0 Å². The van der Waals surface area contributed by atoms with E-state index in [0.29, 0.717) is 0 Å². The Morgan fingerprint density at radius 3 is 0.346 bits per heavy atom. The third-order valence-corrected chi connectivity index (χ3v) is 0. The Morgan fingerprint density at radius 1 is 0.346 bits per heavy atom. The Bertz CT molecular complexity index is 347. The second kappa shape index (κ2) is 45.6. The fraction of sp³-hybridized carbons (Fsp3) is 0. The molecule has 0 aliphatic heterocycles. The van der Waals surface area contributed by atoms with Crippen molar-refractivity contribution in [1.82, 2.24) is 0 Å². The van der Waals surface area contributed by atoms with Crippen molar-refractivity contribution < 1.29 is 175 Å². The van der Waals surface area contributed by atoms with Gasteiger partial charge in [-0.3, -0.25) is 27.3 Å². The first-order valence-electron chi connectivity index (χ1n) is 2.10. The molecule has 0 bridgehead atoms. The molecule has 0 radical (unpaired) electrons. The van der Waals surface area contributed by atoms with Crippen molar-refractivity contribution in [1.29, 1.82) is 0 Å². The molecule has 0 aliphatic carbocycles. The maximum Gasteiger partial charge on any atom is 4.00 e. The van der Waals surface area contributed by atoms with Gasteiger partial charge in [0.25, 0.3) is 0 Å². The number of hydrogen-bond donors (Lipinski definition) is 6. The molecule has 0 fully saturated rings. The molecule has 0 spiro atoms. The Morgan fingerprint density at radius 2 is 0.346 bits per heavy atom. The third-order valence-electron chi connectivity index (χ3n) is 0. The first-order valence-corrected chi connectivity index (χ1v) is 6.29. The van der Waals surface area contributed by atoms with Crippen LogP contribution in [-0.4, -0.2) is 74.5 Å². The van der Waals surface area contributed by atoms with E-state index < -0.39 is 31.2 Å². The molecule has 20 nitrogen and oxygen atoms in total. The molecule has 0 aromatic carbocycles. The van der Waals surface area contributed by atoms with E-state index in [-0.39, 0.29) is 122 Å². The minimum atomic E-state index is -4.67. The molecule has 0 aromatic rings. The van der Waals surface area contributed by atoms with Crippen molar-refractivity contribution in [2.24, 2.45) is 0 Å². The molecule has 0 heterocycles. The summed E-state index contributed by atoms with van der Waals surface area (Å²) in [5.74, 6) is 0. The van der Waals surface area contributed by atoms with Gasteiger partial charge in [-0.15, -0.1) is 0 Å². The van der Waals surface area contributed by atoms with Crippen molar-refractivity contribution in [2.75, 3.05) is 0 Å². The van der Waals surface area contributed by atoms with Gasteiger partial charge in [0, 0.05) is 0 Å². The summed E-state index contributed by atoms with van der Waals surface area (Å²) >= 11 is 0. The van der Waals surface area contributed by atoms with Crippen molar-refractivity contribution in [3.05, 3.63) is 0 Å². The molecule has 0 unspecified atom stereocenters. The van der Waals surface area contributed by atoms with Crippen LogP contribution in [0.5, 0.6) is 0 Å². The minimum Gasteiger partial charge on any atom is -2.00 e. The van der Waals surface area contributed by atoms with Gasteiger partial charge < -0.3 is 43.8 Å². The molecular weight excluding hydrogens is 690 g/mol. The van der Waals surface area contributed by atoms with Crippen LogP contribution >= 0.6 is 0 Å². The maximum absolute atomic E-state index is 8.74. The van der Waals surface area contributed by atoms with Crippen molar-refractivity contribution in [3.8, 4) is 0 Å². The zero-order valence-electron chi connectivity index (χ0n) is 11.3. The average Bonchev–Trinajstić information content (AvgIpc) is 1.41. The van der Waals surface area contributed by atoms with Crippen LogP contribution in [0.4, 0.5) is 0 Å². The molecule has 26 heteroatoms. The Balaban J connectivity index is -0.00000000571. The second-order valence-electron chi connectivity index (χ2n) is 1.34. The summed E-state index contributed by atoms with van der Waals surface area (Å²) in [6.45, 7) is 0. The molecule has 10 N–H and O–H groups in total. The Labute approximate surface area is 204 Å². The van der Waals surface area contributed by atoms with E-state index in [4.69, 9.17) is 52.6 Å². The number of rotatable bonds is 0. The standard InChI is InChI=1S/3H2O4S.4H2O.4O.3Zr/c3*1-5(2,3)4;;;;;;;;;;;/h3*(H2,1,2,3,4);4*1H2;;;;;;;/q;;;;;;;4*-2;3*+4/p-4. The van der Waals surface area contributed by atoms with Crippen molar-refractivity contribution in [2.45, 2.75) is 0 Å². The van der Waals surface area contributed by atoms with Crippen LogP contribution in [0.2, 0.25) is 0 Å². The Hall–Kier alpha value is 1.94. The van der Waals surface area contributed by atoms with Gasteiger partial charge in [-0.1, -0.05) is 0 Å². The molecule has 0 aromatic heterocycles. The monoisotopic (exact) mass is 696 g/mol. The predicted octanol–water partition coefficient (Wildman–Crippen LogP) is -3.15. The Kier molecular flexibility index (Phi) is 183. The summed E-state index contributed by atoms with van der Waals surface area (Å²) in [5.41, 5.74) is 0. The van der Waals surface area contributed by atoms with E-state index in [1.807, 2.05) is 0 Å². The minimum absolute atomic E-state index is 0. The molecule has 0 aliphatic rings. The first-order chi connectivity index (χ1) is 6.00. The molecular formula is H10O20S3Zr3. The van der Waals surface area contributed by atoms with Crippen LogP contribution in [0.1, 0.15) is 0 Å². The van der Waals surface area contributed by atoms with Crippen molar-refractivity contribution in [3.63, 3.8) is 0 Å². The van der Waals surface area contributed by atoms with Gasteiger partial charge in [-0.2, -0.15) is 25.3 Å².